The lowest BCUT2D eigenvalue weighted by atomic mass is 9.85. The van der Waals surface area contributed by atoms with Crippen LogP contribution in [0.2, 0.25) is 5.02 Å². The molecule has 4 unspecified atom stereocenters. The monoisotopic (exact) mass is 992 g/mol. The van der Waals surface area contributed by atoms with E-state index in [4.69, 9.17) is 21.1 Å². The highest BCUT2D eigenvalue weighted by Crippen LogP contribution is 2.51. The Kier molecular flexibility index (Phi) is 15.7. The molecular weight excluding hydrogens is 936 g/mol. The summed E-state index contributed by atoms with van der Waals surface area (Å²) in [7, 11) is 3.43. The zero-order valence-electron chi connectivity index (χ0n) is 39.0. The number of nitrogens with one attached hydrogen (secondary N) is 2. The average Bonchev–Trinajstić information content (AvgIpc) is 3.97. The maximum atomic E-state index is 12.9. The topological polar surface area (TPSA) is 170 Å². The van der Waals surface area contributed by atoms with Crippen LogP contribution >= 0.6 is 34.9 Å². The number of carbonyl (C=O) groups excluding carboxylic acids is 4. The lowest BCUT2D eigenvalue weighted by Crippen LogP contribution is -2.45. The van der Waals surface area contributed by atoms with E-state index in [0.29, 0.717) is 47.2 Å². The molecule has 4 atom stereocenters. The number of thiophene rings is 1. The summed E-state index contributed by atoms with van der Waals surface area (Å²) in [4.78, 5) is 68.5. The predicted molar refractivity (Wildman–Crippen MR) is 275 cm³/mol. The lowest BCUT2D eigenvalue weighted by Gasteiger charge is -2.34. The zero-order valence-corrected chi connectivity index (χ0v) is 41.3. The van der Waals surface area contributed by atoms with Crippen LogP contribution in [0.5, 0.6) is 11.5 Å². The average molecular weight is 994 g/mol. The number of rotatable bonds is 22. The number of aliphatic imine (C=N–C) groups is 1. The number of halogens is 1. The molecule has 2 bridgehead atoms. The van der Waals surface area contributed by atoms with Gasteiger partial charge in [-0.25, -0.2) is 9.10 Å². The summed E-state index contributed by atoms with van der Waals surface area (Å²) in [6.45, 7) is 8.87. The van der Waals surface area contributed by atoms with E-state index in [-0.39, 0.29) is 52.1 Å². The summed E-state index contributed by atoms with van der Waals surface area (Å²) in [5.74, 6) is 0.793. The van der Waals surface area contributed by atoms with Gasteiger partial charge in [-0.2, -0.15) is 0 Å². The van der Waals surface area contributed by atoms with Gasteiger partial charge < -0.3 is 34.9 Å². The van der Waals surface area contributed by atoms with Crippen molar-refractivity contribution in [2.75, 3.05) is 57.3 Å². The van der Waals surface area contributed by atoms with Crippen LogP contribution in [0.4, 0.5) is 17.1 Å². The fraction of sp³-hybridized carbons (Fsp3) is 0.385. The molecule has 1 amide bonds. The molecule has 17 heteroatoms. The fourth-order valence-corrected chi connectivity index (χ4v) is 13.2. The van der Waals surface area contributed by atoms with E-state index in [2.05, 4.69) is 62.7 Å². The van der Waals surface area contributed by atoms with Crippen LogP contribution in [0.25, 0.3) is 21.2 Å². The number of aromatic carboxylic acids is 1. The smallest absolute Gasteiger partial charge is 0.349 e. The van der Waals surface area contributed by atoms with Gasteiger partial charge in [-0.3, -0.25) is 24.3 Å². The molecular formula is C52H57ClN6O8S2. The number of anilines is 2. The molecule has 3 N–H and O–H groups in total. The summed E-state index contributed by atoms with van der Waals surface area (Å²) in [5, 5.41) is 18.4. The molecule has 14 nitrogen and oxygen atoms in total. The van der Waals surface area contributed by atoms with Crippen molar-refractivity contribution in [3.63, 3.8) is 0 Å². The summed E-state index contributed by atoms with van der Waals surface area (Å²) < 4.78 is 14.3. The number of aldehydes is 3. The molecule has 2 aliphatic heterocycles. The molecule has 1 aromatic heterocycles. The number of nitrogens with zero attached hydrogens (tertiary/aromatic N) is 4. The van der Waals surface area contributed by atoms with Crippen LogP contribution in [0.15, 0.2) is 77.8 Å². The Morgan fingerprint density at radius 2 is 1.84 bits per heavy atom. The van der Waals surface area contributed by atoms with E-state index >= 15 is 0 Å². The van der Waals surface area contributed by atoms with Gasteiger partial charge in [0.25, 0.3) is 0 Å². The van der Waals surface area contributed by atoms with Crippen LogP contribution < -0.4 is 25.0 Å². The first-order valence-corrected chi connectivity index (χ1v) is 25.3. The molecule has 3 heterocycles. The molecule has 0 spiro atoms. The van der Waals surface area contributed by atoms with Crippen LogP contribution in [0, 0.1) is 5.92 Å². The standard InChI is InChI=1S/C52H57ClN6O8S2/c1-52(56-37-10-5-8-34(27-37)48-46(53)47(66-25-24-61)49(69-48)51(64)65)36-14-18-44(52)59(28-36)68-30-32-13-17-43(40(26-32)54-2)67-31-58-21-19-33(20-22-58)38-15-16-41(45-35(29-62)9-6-11-39(38)45)57(4)42(12-7-23-60)50(63)55-3/h5-6,8-11,13,15-17,23-24,26-27,29,33,36,42,44,56H,2,7,12,14,18-22,25,28,30-31H2,1,3-4H3,(H,55,63)(H,64,65). The molecule has 5 aromatic rings. The predicted octanol–water partition coefficient (Wildman–Crippen LogP) is 9.50. The number of likely N-dealkylation sites (tertiary alicyclic amines) is 1. The van der Waals surface area contributed by atoms with E-state index in [1.165, 1.54) is 5.56 Å². The molecule has 69 heavy (non-hydrogen) atoms. The number of benzene rings is 4. The number of carboxylic acid groups (broad SMARTS) is 1. The van der Waals surface area contributed by atoms with Crippen LogP contribution in [0.1, 0.15) is 82.5 Å². The largest absolute Gasteiger partial charge is 0.483 e. The second-order valence-corrected chi connectivity index (χ2v) is 20.4. The Morgan fingerprint density at radius 3 is 2.57 bits per heavy atom. The molecule has 8 rings (SSSR count). The molecule has 2 saturated heterocycles. The van der Waals surface area contributed by atoms with Crippen molar-refractivity contribution in [3.8, 4) is 21.9 Å². The first-order chi connectivity index (χ1) is 33.4. The Labute approximate surface area is 415 Å². The number of carbonyl (C=O) groups is 5. The van der Waals surface area contributed by atoms with Crippen LogP contribution in [-0.4, -0.2) is 116 Å². The second-order valence-electron chi connectivity index (χ2n) is 18.0. The molecule has 1 aliphatic carbocycles. The molecule has 3 aliphatic rings. The van der Waals surface area contributed by atoms with E-state index in [1.54, 1.807) is 7.05 Å². The Bertz CT molecular complexity index is 2740. The highest BCUT2D eigenvalue weighted by Gasteiger charge is 2.55. The molecule has 4 aromatic carbocycles. The number of piperidine rings is 2. The third-order valence-corrected chi connectivity index (χ3v) is 17.0. The molecule has 362 valence electrons. The molecule has 3 fully saturated rings. The molecule has 0 radical (unpaired) electrons. The van der Waals surface area contributed by atoms with Gasteiger partial charge in [-0.05, 0) is 110 Å². The Balaban J connectivity index is 0.869. The number of hydrogen-bond acceptors (Lipinski definition) is 14. The SMILES string of the molecule is C=Nc1cc(CSN2CC3CCC2C3(C)Nc2cccc(-c3sc(C(=O)O)c(OCC=O)c3Cl)c2)ccc1OCN1CCC(c2ccc(N(C)C(CCC=O)C(=O)NC)c3c(C=O)cccc23)CC1. The number of likely N-dealkylation sites (N-methyl/N-ethyl adjacent to an activating group) is 2. The quantitative estimate of drug-likeness (QED) is 0.0341. The second kappa shape index (κ2) is 21.9. The van der Waals surface area contributed by atoms with E-state index in [9.17, 15) is 29.1 Å². The van der Waals surface area contributed by atoms with E-state index in [0.717, 1.165) is 108 Å². The van der Waals surface area contributed by atoms with Gasteiger partial charge in [0.15, 0.2) is 23.2 Å². The normalized spacial score (nSPS) is 19.8. The highest BCUT2D eigenvalue weighted by molar-refractivity contribution is 7.96. The summed E-state index contributed by atoms with van der Waals surface area (Å²) >= 11 is 9.49. The van der Waals surface area contributed by atoms with Gasteiger partial charge >= 0.3 is 5.97 Å². The van der Waals surface area contributed by atoms with Crippen LogP contribution in [-0.2, 0) is 20.1 Å². The molecule has 1 saturated carbocycles. The maximum absolute atomic E-state index is 12.9. The van der Waals surface area contributed by atoms with E-state index in [1.807, 2.05) is 72.4 Å². The Hall–Kier alpha value is -5.78. The summed E-state index contributed by atoms with van der Waals surface area (Å²) in [5.41, 5.74) is 5.82. The minimum Gasteiger partial charge on any atom is -0.483 e. The van der Waals surface area contributed by atoms with Crippen molar-refractivity contribution in [1.82, 2.24) is 14.5 Å². The van der Waals surface area contributed by atoms with Gasteiger partial charge in [0, 0.05) is 74.3 Å². The first-order valence-electron chi connectivity index (χ1n) is 23.2. The minimum atomic E-state index is -1.16. The van der Waals surface area contributed by atoms with Crippen molar-refractivity contribution in [2.45, 2.75) is 74.7 Å². The first kappa shape index (κ1) is 49.6. The van der Waals surface area contributed by atoms with Crippen LogP contribution in [0.3, 0.4) is 0 Å². The minimum absolute atomic E-state index is 0.00887. The fourth-order valence-electron chi connectivity index (χ4n) is 10.5. The van der Waals surface area contributed by atoms with Crippen molar-refractivity contribution in [2.24, 2.45) is 10.9 Å². The van der Waals surface area contributed by atoms with Crippen molar-refractivity contribution in [3.05, 3.63) is 99.4 Å². The van der Waals surface area contributed by atoms with Crippen molar-refractivity contribution >= 4 is 100 Å². The maximum Gasteiger partial charge on any atom is 0.349 e. The van der Waals surface area contributed by atoms with Crippen molar-refractivity contribution in [1.29, 1.82) is 0 Å². The summed E-state index contributed by atoms with van der Waals surface area (Å²) in [6, 6.07) is 23.6. The van der Waals surface area contributed by atoms with Gasteiger partial charge in [0.2, 0.25) is 5.91 Å². The number of amides is 1. The Morgan fingerprint density at radius 1 is 1.04 bits per heavy atom. The van der Waals surface area contributed by atoms with E-state index < -0.39 is 12.0 Å². The highest BCUT2D eigenvalue weighted by atomic mass is 35.5. The van der Waals surface area contributed by atoms with Gasteiger partial charge in [0.05, 0.1) is 10.4 Å². The number of carboxylic acids is 1. The number of ether oxygens (including phenoxy) is 2. The number of hydrogen-bond donors (Lipinski definition) is 3. The van der Waals surface area contributed by atoms with Gasteiger partial charge in [-0.15, -0.1) is 11.3 Å². The number of fused-ring (bicyclic) bond motifs is 3. The zero-order chi connectivity index (χ0) is 48.8. The summed E-state index contributed by atoms with van der Waals surface area (Å²) in [6.07, 6.45) is 6.85. The van der Waals surface area contributed by atoms with Gasteiger partial charge in [0.1, 0.15) is 42.1 Å². The van der Waals surface area contributed by atoms with Crippen molar-refractivity contribution < 1.29 is 38.6 Å². The van der Waals surface area contributed by atoms with Gasteiger partial charge in [-0.1, -0.05) is 66.0 Å². The lowest BCUT2D eigenvalue weighted by molar-refractivity contribution is -0.122. The third-order valence-electron chi connectivity index (χ3n) is 14.1. The third kappa shape index (κ3) is 10.3.